The van der Waals surface area contributed by atoms with Gasteiger partial charge in [0.1, 0.15) is 0 Å². The number of rotatable bonds is 4. The van der Waals surface area contributed by atoms with E-state index in [9.17, 15) is 0 Å². The minimum atomic E-state index is 0.0964. The molecule has 3 N–H and O–H groups in total. The van der Waals surface area contributed by atoms with Crippen LogP contribution < -0.4 is 15.8 Å². The predicted molar refractivity (Wildman–Crippen MR) is 65.1 cm³/mol. The second-order valence-corrected chi connectivity index (χ2v) is 4.87. The summed E-state index contributed by atoms with van der Waals surface area (Å²) in [7, 11) is 0. The van der Waals surface area contributed by atoms with Crippen molar-refractivity contribution in [3.63, 3.8) is 0 Å². The van der Waals surface area contributed by atoms with Gasteiger partial charge in [-0.3, -0.25) is 0 Å². The Kier molecular flexibility index (Phi) is 3.50. The van der Waals surface area contributed by atoms with Gasteiger partial charge in [0.15, 0.2) is 16.6 Å². The highest BCUT2D eigenvalue weighted by molar-refractivity contribution is 7.11. The average Bonchev–Trinajstić information content (AvgIpc) is 2.82. The summed E-state index contributed by atoms with van der Waals surface area (Å²) >= 11 is 1.34. The normalized spacial score (nSPS) is 20.3. The van der Waals surface area contributed by atoms with Gasteiger partial charge in [-0.15, -0.1) is 0 Å². The minimum Gasteiger partial charge on any atom is -0.484 e. The maximum Gasteiger partial charge on any atom is 0.197 e. The molecule has 0 radical (unpaired) electrons. The number of aromatic nitrogens is 1. The Morgan fingerprint density at radius 2 is 2.44 bits per heavy atom. The molecule has 1 aromatic heterocycles. The molecule has 1 unspecified atom stereocenters. The van der Waals surface area contributed by atoms with Crippen molar-refractivity contribution in [1.82, 2.24) is 4.37 Å². The van der Waals surface area contributed by atoms with Crippen LogP contribution >= 0.6 is 11.5 Å². The van der Waals surface area contributed by atoms with E-state index in [1.54, 1.807) is 0 Å². The van der Waals surface area contributed by atoms with Gasteiger partial charge in [0, 0.05) is 6.61 Å². The molecule has 0 saturated carbocycles. The van der Waals surface area contributed by atoms with Crippen molar-refractivity contribution in [2.45, 2.75) is 32.4 Å². The van der Waals surface area contributed by atoms with Gasteiger partial charge in [-0.1, -0.05) is 0 Å². The maximum absolute atomic E-state index is 5.77. The van der Waals surface area contributed by atoms with Crippen LogP contribution in [0.2, 0.25) is 0 Å². The Labute approximate surface area is 99.1 Å². The van der Waals surface area contributed by atoms with Crippen LogP contribution in [0.4, 0.5) is 10.8 Å². The summed E-state index contributed by atoms with van der Waals surface area (Å²) in [5.41, 5.74) is 5.77. The van der Waals surface area contributed by atoms with E-state index in [4.69, 9.17) is 15.2 Å². The molecule has 0 amide bonds. The van der Waals surface area contributed by atoms with E-state index in [1.807, 2.05) is 13.8 Å². The van der Waals surface area contributed by atoms with Crippen molar-refractivity contribution in [2.75, 3.05) is 24.3 Å². The fraction of sp³-hybridized carbons (Fsp3) is 0.700. The number of hydrogen-bond donors (Lipinski definition) is 2. The molecule has 1 aromatic rings. The van der Waals surface area contributed by atoms with E-state index in [1.165, 1.54) is 11.5 Å². The molecule has 2 rings (SSSR count). The molecule has 0 bridgehead atoms. The third-order valence-electron chi connectivity index (χ3n) is 2.29. The molecule has 1 aliphatic heterocycles. The first-order valence-corrected chi connectivity index (χ1v) is 6.20. The minimum absolute atomic E-state index is 0.0964. The second-order valence-electron chi connectivity index (χ2n) is 4.10. The zero-order valence-electron chi connectivity index (χ0n) is 9.53. The maximum atomic E-state index is 5.77. The molecule has 90 valence electrons. The van der Waals surface area contributed by atoms with Gasteiger partial charge in [0.25, 0.3) is 0 Å². The lowest BCUT2D eigenvalue weighted by Crippen LogP contribution is -2.19. The highest BCUT2D eigenvalue weighted by atomic mass is 32.1. The molecular formula is C10H17N3O2S. The third-order valence-corrected chi connectivity index (χ3v) is 3.07. The molecule has 1 aliphatic rings. The van der Waals surface area contributed by atoms with Crippen LogP contribution in [0.25, 0.3) is 0 Å². The predicted octanol–water partition coefficient (Wildman–Crippen LogP) is 1.71. The zero-order valence-corrected chi connectivity index (χ0v) is 10.3. The Hall–Kier alpha value is -1.01. The second kappa shape index (κ2) is 4.88. The number of hydrogen-bond acceptors (Lipinski definition) is 6. The summed E-state index contributed by atoms with van der Waals surface area (Å²) < 4.78 is 15.1. The molecule has 16 heavy (non-hydrogen) atoms. The van der Waals surface area contributed by atoms with Crippen molar-refractivity contribution in [1.29, 1.82) is 0 Å². The SMILES string of the molecule is CC(C)Oc1c(N)nsc1NC1CCOC1. The average molecular weight is 243 g/mol. The number of nitrogens with one attached hydrogen (secondary N) is 1. The van der Waals surface area contributed by atoms with E-state index in [2.05, 4.69) is 9.69 Å². The Bertz CT molecular complexity index is 348. The number of nitrogens with zero attached hydrogens (tertiary/aromatic N) is 1. The molecule has 2 heterocycles. The summed E-state index contributed by atoms with van der Waals surface area (Å²) in [6, 6.07) is 0.342. The first kappa shape index (κ1) is 11.5. The third kappa shape index (κ3) is 2.56. The molecule has 1 fully saturated rings. The summed E-state index contributed by atoms with van der Waals surface area (Å²) in [6.07, 6.45) is 1.11. The van der Waals surface area contributed by atoms with Crippen LogP contribution in [0, 0.1) is 0 Å². The largest absolute Gasteiger partial charge is 0.484 e. The highest BCUT2D eigenvalue weighted by Gasteiger charge is 2.20. The van der Waals surface area contributed by atoms with Gasteiger partial charge in [0.2, 0.25) is 0 Å². The molecular weight excluding hydrogens is 226 g/mol. The zero-order chi connectivity index (χ0) is 11.5. The molecule has 1 saturated heterocycles. The number of nitrogens with two attached hydrogens (primary N) is 1. The molecule has 1 atom stereocenters. The Morgan fingerprint density at radius 3 is 3.06 bits per heavy atom. The van der Waals surface area contributed by atoms with Gasteiger partial charge >= 0.3 is 0 Å². The Balaban J connectivity index is 2.07. The van der Waals surface area contributed by atoms with Crippen molar-refractivity contribution in [2.24, 2.45) is 0 Å². The Morgan fingerprint density at radius 1 is 1.62 bits per heavy atom. The number of nitrogen functional groups attached to an aromatic ring is 1. The van der Waals surface area contributed by atoms with E-state index in [0.717, 1.165) is 24.6 Å². The standard InChI is InChI=1S/C10H17N3O2S/c1-6(2)15-8-9(11)13-16-10(8)12-7-3-4-14-5-7/h6-7,12H,3-5H2,1-2H3,(H2,11,13). The van der Waals surface area contributed by atoms with E-state index < -0.39 is 0 Å². The van der Waals surface area contributed by atoms with Gasteiger partial charge in [-0.2, -0.15) is 4.37 Å². The summed E-state index contributed by atoms with van der Waals surface area (Å²) in [5.74, 6) is 1.13. The molecule has 0 aliphatic carbocycles. The molecule has 0 spiro atoms. The summed E-state index contributed by atoms with van der Waals surface area (Å²) in [5, 5.41) is 4.27. The van der Waals surface area contributed by atoms with Crippen molar-refractivity contribution < 1.29 is 9.47 Å². The topological polar surface area (TPSA) is 69.4 Å². The quantitative estimate of drug-likeness (QED) is 0.842. The van der Waals surface area contributed by atoms with Crippen LogP contribution in [0.15, 0.2) is 0 Å². The van der Waals surface area contributed by atoms with Crippen LogP contribution in [-0.2, 0) is 4.74 Å². The first-order valence-electron chi connectivity index (χ1n) is 5.43. The van der Waals surface area contributed by atoms with Gasteiger partial charge < -0.3 is 20.5 Å². The molecule has 6 heteroatoms. The molecule has 0 aromatic carbocycles. The van der Waals surface area contributed by atoms with Gasteiger partial charge in [-0.25, -0.2) is 0 Å². The van der Waals surface area contributed by atoms with Crippen LogP contribution in [0.1, 0.15) is 20.3 Å². The summed E-state index contributed by atoms with van der Waals surface area (Å²) in [4.78, 5) is 0. The van der Waals surface area contributed by atoms with Crippen molar-refractivity contribution in [3.8, 4) is 5.75 Å². The fourth-order valence-corrected chi connectivity index (χ4v) is 2.30. The number of anilines is 2. The molecule has 5 nitrogen and oxygen atoms in total. The van der Waals surface area contributed by atoms with Crippen molar-refractivity contribution in [3.05, 3.63) is 0 Å². The number of ether oxygens (including phenoxy) is 2. The van der Waals surface area contributed by atoms with Crippen LogP contribution in [0.5, 0.6) is 5.75 Å². The van der Waals surface area contributed by atoms with E-state index >= 15 is 0 Å². The van der Waals surface area contributed by atoms with E-state index in [0.29, 0.717) is 17.6 Å². The van der Waals surface area contributed by atoms with Crippen LogP contribution in [-0.4, -0.2) is 29.7 Å². The van der Waals surface area contributed by atoms with Gasteiger partial charge in [-0.05, 0) is 31.8 Å². The smallest absolute Gasteiger partial charge is 0.197 e. The van der Waals surface area contributed by atoms with Crippen LogP contribution in [0.3, 0.4) is 0 Å². The lowest BCUT2D eigenvalue weighted by molar-refractivity contribution is 0.195. The summed E-state index contributed by atoms with van der Waals surface area (Å²) in [6.45, 7) is 5.49. The van der Waals surface area contributed by atoms with Gasteiger partial charge in [0.05, 0.1) is 18.8 Å². The van der Waals surface area contributed by atoms with E-state index in [-0.39, 0.29) is 6.10 Å². The monoisotopic (exact) mass is 243 g/mol. The first-order chi connectivity index (χ1) is 7.66. The lowest BCUT2D eigenvalue weighted by atomic mass is 10.3. The van der Waals surface area contributed by atoms with Crippen molar-refractivity contribution >= 4 is 22.4 Å². The fourth-order valence-electron chi connectivity index (χ4n) is 1.57. The lowest BCUT2D eigenvalue weighted by Gasteiger charge is -2.14. The highest BCUT2D eigenvalue weighted by Crippen LogP contribution is 2.36.